The second kappa shape index (κ2) is 7.75. The average Bonchev–Trinajstić information content (AvgIpc) is 3.13. The number of aryl methyl sites for hydroxylation is 1. The molecule has 2 aromatic heterocycles. The number of nitrogens with one attached hydrogen (secondary N) is 1. The number of aromatic nitrogens is 4. The average molecular weight is 439 g/mol. The zero-order chi connectivity index (χ0) is 20.7. The molecule has 0 bridgehead atoms. The van der Waals surface area contributed by atoms with Gasteiger partial charge in [-0.1, -0.05) is 0 Å². The summed E-state index contributed by atoms with van der Waals surface area (Å²) in [6, 6.07) is 0. The number of fused-ring (bicyclic) bond motifs is 1. The molecule has 0 aliphatic carbocycles. The van der Waals surface area contributed by atoms with E-state index in [1.807, 2.05) is 0 Å². The van der Waals surface area contributed by atoms with Gasteiger partial charge in [-0.3, -0.25) is 13.6 Å². The largest absolute Gasteiger partial charge is 0.469 e. The minimum absolute atomic E-state index is 0.0380. The lowest BCUT2D eigenvalue weighted by molar-refractivity contribution is -0.0417. The number of ether oxygens (including phenoxy) is 1. The fourth-order valence-electron chi connectivity index (χ4n) is 2.89. The van der Waals surface area contributed by atoms with E-state index in [2.05, 4.69) is 24.8 Å². The molecule has 1 aliphatic heterocycles. The van der Waals surface area contributed by atoms with Crippen molar-refractivity contribution < 1.29 is 42.5 Å². The Morgan fingerprint density at radius 1 is 1.29 bits per heavy atom. The van der Waals surface area contributed by atoms with Gasteiger partial charge in [-0.15, -0.1) is 0 Å². The summed E-state index contributed by atoms with van der Waals surface area (Å²) in [4.78, 5) is 48.7. The highest BCUT2D eigenvalue weighted by Crippen LogP contribution is 2.45. The molecule has 0 amide bonds. The summed E-state index contributed by atoms with van der Waals surface area (Å²) in [6.45, 7) is 1.05. The van der Waals surface area contributed by atoms with Crippen molar-refractivity contribution in [3.63, 3.8) is 0 Å². The Kier molecular flexibility index (Phi) is 5.88. The molecule has 3 heterocycles. The van der Waals surface area contributed by atoms with Gasteiger partial charge in [0, 0.05) is 13.5 Å². The predicted molar refractivity (Wildman–Crippen MR) is 93.0 cm³/mol. The van der Waals surface area contributed by atoms with Gasteiger partial charge in [-0.2, -0.15) is 0 Å². The number of phosphoric acid groups is 2. The Bertz CT molecular complexity index is 956. The van der Waals surface area contributed by atoms with E-state index in [-0.39, 0.29) is 6.42 Å². The van der Waals surface area contributed by atoms with Gasteiger partial charge < -0.3 is 29.6 Å². The Labute approximate surface area is 158 Å². The molecule has 0 saturated carbocycles. The Morgan fingerprint density at radius 3 is 2.61 bits per heavy atom. The van der Waals surface area contributed by atoms with Crippen LogP contribution in [0.25, 0.3) is 11.2 Å². The van der Waals surface area contributed by atoms with Gasteiger partial charge in [0.15, 0.2) is 17.0 Å². The van der Waals surface area contributed by atoms with Gasteiger partial charge in [0.25, 0.3) is 0 Å². The summed E-state index contributed by atoms with van der Waals surface area (Å²) < 4.78 is 38.5. The molecular weight excluding hydrogens is 420 g/mol. The first kappa shape index (κ1) is 21.2. The number of phosphoric ester groups is 2. The van der Waals surface area contributed by atoms with Crippen LogP contribution in [0.2, 0.25) is 0 Å². The molecule has 0 spiro atoms. The molecule has 156 valence electrons. The molecule has 3 atom stereocenters. The minimum atomic E-state index is -4.88. The summed E-state index contributed by atoms with van der Waals surface area (Å²) >= 11 is 0. The van der Waals surface area contributed by atoms with E-state index in [4.69, 9.17) is 28.8 Å². The van der Waals surface area contributed by atoms with E-state index in [1.54, 1.807) is 14.0 Å². The number of imidazole rings is 1. The maximum Gasteiger partial charge on any atom is 0.469 e. The molecule has 1 aliphatic rings. The summed E-state index contributed by atoms with van der Waals surface area (Å²) in [5.74, 6) is 0.949. The third-order valence-electron chi connectivity index (χ3n) is 3.94. The standard InChI is InChI=1S/C12H19N5O9P2/c1-6-15-11(13-2)10-12(16-6)17(5-14-10)9-3-7(26-28(21,22)23)8(25-9)4-24-27(18,19)20/h5,7-9H,3-4H2,1-2H3,(H,13,15,16)(H2,18,19,20)(H2,21,22,23). The summed E-state index contributed by atoms with van der Waals surface area (Å²) in [5.41, 5.74) is 0.868. The SMILES string of the molecule is CNc1nc(C)nc2c1ncn2C1CC(OP(=O)(O)O)C(COP(=O)(O)O)O1. The molecule has 0 radical (unpaired) electrons. The topological polar surface area (TPSA) is 198 Å². The predicted octanol–water partition coefficient (Wildman–Crippen LogP) is 0.0511. The van der Waals surface area contributed by atoms with Crippen LogP contribution < -0.4 is 5.32 Å². The Morgan fingerprint density at radius 2 is 2.00 bits per heavy atom. The van der Waals surface area contributed by atoms with E-state index in [9.17, 15) is 9.13 Å². The number of nitrogens with zero attached hydrogens (tertiary/aromatic N) is 4. The van der Waals surface area contributed by atoms with Crippen molar-refractivity contribution in [2.45, 2.75) is 31.8 Å². The molecule has 3 rings (SSSR count). The van der Waals surface area contributed by atoms with Crippen molar-refractivity contribution in [1.82, 2.24) is 19.5 Å². The first-order valence-corrected chi connectivity index (χ1v) is 11.0. The first-order chi connectivity index (χ1) is 13.0. The third kappa shape index (κ3) is 4.92. The van der Waals surface area contributed by atoms with Crippen LogP contribution >= 0.6 is 15.6 Å². The van der Waals surface area contributed by atoms with Crippen LogP contribution in [0.5, 0.6) is 0 Å². The van der Waals surface area contributed by atoms with E-state index < -0.39 is 40.7 Å². The zero-order valence-corrected chi connectivity index (χ0v) is 16.5. The Balaban J connectivity index is 1.90. The van der Waals surface area contributed by atoms with Crippen molar-refractivity contribution in [3.8, 4) is 0 Å². The van der Waals surface area contributed by atoms with Gasteiger partial charge >= 0.3 is 15.6 Å². The molecule has 0 aromatic carbocycles. The van der Waals surface area contributed by atoms with Crippen LogP contribution in [0, 0.1) is 6.92 Å². The fourth-order valence-corrected chi connectivity index (χ4v) is 3.81. The van der Waals surface area contributed by atoms with Crippen LogP contribution in [-0.2, 0) is 22.9 Å². The van der Waals surface area contributed by atoms with Gasteiger partial charge in [-0.25, -0.2) is 24.1 Å². The normalized spacial score (nSPS) is 23.4. The van der Waals surface area contributed by atoms with Gasteiger partial charge in [-0.05, 0) is 6.92 Å². The van der Waals surface area contributed by atoms with Crippen molar-refractivity contribution >= 4 is 32.6 Å². The van der Waals surface area contributed by atoms with Gasteiger partial charge in [0.2, 0.25) is 0 Å². The Hall–Kier alpha value is -1.47. The quantitative estimate of drug-likeness (QED) is 0.363. The highest BCUT2D eigenvalue weighted by atomic mass is 31.2. The van der Waals surface area contributed by atoms with Gasteiger partial charge in [0.1, 0.15) is 24.3 Å². The number of anilines is 1. The molecule has 16 heteroatoms. The first-order valence-electron chi connectivity index (χ1n) is 7.95. The van der Waals surface area contributed by atoms with E-state index >= 15 is 0 Å². The third-order valence-corrected chi connectivity index (χ3v) is 4.97. The summed E-state index contributed by atoms with van der Waals surface area (Å²) in [5, 5.41) is 2.90. The van der Waals surface area contributed by atoms with E-state index in [0.717, 1.165) is 0 Å². The zero-order valence-electron chi connectivity index (χ0n) is 14.7. The molecule has 14 nitrogen and oxygen atoms in total. The van der Waals surface area contributed by atoms with Crippen molar-refractivity contribution in [2.24, 2.45) is 0 Å². The van der Waals surface area contributed by atoms with Crippen LogP contribution in [0.3, 0.4) is 0 Å². The van der Waals surface area contributed by atoms with Crippen molar-refractivity contribution in [1.29, 1.82) is 0 Å². The highest BCUT2D eigenvalue weighted by Gasteiger charge is 2.42. The number of rotatable bonds is 7. The highest BCUT2D eigenvalue weighted by molar-refractivity contribution is 7.46. The maximum atomic E-state index is 11.2. The smallest absolute Gasteiger partial charge is 0.371 e. The van der Waals surface area contributed by atoms with E-state index in [1.165, 1.54) is 10.9 Å². The number of hydrogen-bond acceptors (Lipinski definition) is 9. The molecule has 3 unspecified atom stereocenters. The molecule has 2 aromatic rings. The van der Waals surface area contributed by atoms with Crippen LogP contribution in [0.1, 0.15) is 18.5 Å². The molecular formula is C12H19N5O9P2. The summed E-state index contributed by atoms with van der Waals surface area (Å²) in [7, 11) is -8.02. The lowest BCUT2D eigenvalue weighted by atomic mass is 10.2. The maximum absolute atomic E-state index is 11.2. The van der Waals surface area contributed by atoms with Crippen molar-refractivity contribution in [3.05, 3.63) is 12.2 Å². The molecule has 1 saturated heterocycles. The molecule has 28 heavy (non-hydrogen) atoms. The van der Waals surface area contributed by atoms with E-state index in [0.29, 0.717) is 22.8 Å². The lowest BCUT2D eigenvalue weighted by Crippen LogP contribution is -2.28. The van der Waals surface area contributed by atoms with Crippen LogP contribution in [0.4, 0.5) is 5.82 Å². The van der Waals surface area contributed by atoms with Crippen LogP contribution in [-0.4, -0.2) is 65.0 Å². The second-order valence-electron chi connectivity index (χ2n) is 5.98. The van der Waals surface area contributed by atoms with Gasteiger partial charge in [0.05, 0.1) is 12.9 Å². The fraction of sp³-hybridized carbons (Fsp3) is 0.583. The summed E-state index contributed by atoms with van der Waals surface area (Å²) in [6.07, 6.45) is -1.75. The second-order valence-corrected chi connectivity index (χ2v) is 8.41. The van der Waals surface area contributed by atoms with Crippen LogP contribution in [0.15, 0.2) is 6.33 Å². The molecule has 1 fully saturated rings. The minimum Gasteiger partial charge on any atom is -0.371 e. The number of hydrogen-bond donors (Lipinski definition) is 5. The monoisotopic (exact) mass is 439 g/mol. The lowest BCUT2D eigenvalue weighted by Gasteiger charge is -2.19. The molecule has 5 N–H and O–H groups in total. The van der Waals surface area contributed by atoms with Crippen molar-refractivity contribution in [2.75, 3.05) is 19.0 Å².